The Hall–Kier alpha value is -3.78. The molecule has 0 atom stereocenters. The number of nitrogens with one attached hydrogen (secondary N) is 1. The number of carbonyl (C=O) groups is 1. The summed E-state index contributed by atoms with van der Waals surface area (Å²) in [6, 6.07) is 15.7. The first-order chi connectivity index (χ1) is 18.3. The normalized spacial score (nSPS) is 14.2. The second kappa shape index (κ2) is 10.9. The molecule has 0 spiro atoms. The van der Waals surface area contributed by atoms with E-state index in [4.69, 9.17) is 27.9 Å². The van der Waals surface area contributed by atoms with E-state index < -0.39 is 0 Å². The maximum absolute atomic E-state index is 13.0. The lowest BCUT2D eigenvalue weighted by Gasteiger charge is -2.28. The van der Waals surface area contributed by atoms with Gasteiger partial charge in [0.05, 0.1) is 23.7 Å². The Morgan fingerprint density at radius 3 is 2.76 bits per heavy atom. The van der Waals surface area contributed by atoms with Crippen LogP contribution >= 0.6 is 23.2 Å². The van der Waals surface area contributed by atoms with E-state index in [1.165, 1.54) is 19.3 Å². The van der Waals surface area contributed by atoms with Gasteiger partial charge in [-0.3, -0.25) is 14.3 Å². The Bertz CT molecular complexity index is 1650. The third kappa shape index (κ3) is 5.27. The van der Waals surface area contributed by atoms with Gasteiger partial charge in [-0.1, -0.05) is 47.5 Å². The summed E-state index contributed by atoms with van der Waals surface area (Å²) in [5.41, 5.74) is 3.86. The van der Waals surface area contributed by atoms with E-state index in [1.807, 2.05) is 24.3 Å². The molecule has 7 nitrogen and oxygen atoms in total. The number of allylic oxidation sites excluding steroid dienone is 1. The van der Waals surface area contributed by atoms with Gasteiger partial charge in [-0.05, 0) is 54.5 Å². The molecule has 2 heterocycles. The van der Waals surface area contributed by atoms with Gasteiger partial charge in [0.15, 0.2) is 5.78 Å². The van der Waals surface area contributed by atoms with Crippen LogP contribution in [0.3, 0.4) is 0 Å². The highest BCUT2D eigenvalue weighted by molar-refractivity contribution is 6.35. The van der Waals surface area contributed by atoms with Crippen LogP contribution in [0.5, 0.6) is 11.5 Å². The van der Waals surface area contributed by atoms with Crippen molar-refractivity contribution >= 4 is 51.8 Å². The van der Waals surface area contributed by atoms with Crippen molar-refractivity contribution in [1.82, 2.24) is 14.5 Å². The Labute approximate surface area is 229 Å². The molecule has 0 unspecified atom stereocenters. The number of H-pyrrole nitrogens is 1. The van der Waals surface area contributed by atoms with Crippen LogP contribution in [0, 0.1) is 0 Å². The lowest BCUT2D eigenvalue weighted by Crippen LogP contribution is -2.33. The molecule has 0 fully saturated rings. The second-order valence-electron chi connectivity index (χ2n) is 9.02. The molecule has 0 amide bonds. The van der Waals surface area contributed by atoms with Crippen molar-refractivity contribution in [1.29, 1.82) is 0 Å². The van der Waals surface area contributed by atoms with Gasteiger partial charge in [0.2, 0.25) is 0 Å². The lowest BCUT2D eigenvalue weighted by atomic mass is 10.0. The monoisotopic (exact) mass is 549 g/mol. The molecule has 1 aliphatic heterocycles. The quantitative estimate of drug-likeness (QED) is 0.218. The predicted molar refractivity (Wildman–Crippen MR) is 151 cm³/mol. The number of hydrogen-bond donors (Lipinski definition) is 2. The molecule has 0 radical (unpaired) electrons. The third-order valence-corrected chi connectivity index (χ3v) is 7.09. The number of fused-ring (bicyclic) bond motifs is 1. The highest BCUT2D eigenvalue weighted by atomic mass is 35.5. The van der Waals surface area contributed by atoms with Crippen LogP contribution in [-0.2, 0) is 6.54 Å². The van der Waals surface area contributed by atoms with Gasteiger partial charge in [-0.15, -0.1) is 0 Å². The number of halogens is 2. The minimum atomic E-state index is -0.373. The maximum Gasteiger partial charge on any atom is 0.330 e. The lowest BCUT2D eigenvalue weighted by molar-refractivity contribution is 0.104. The van der Waals surface area contributed by atoms with Crippen LogP contribution in [0.1, 0.15) is 27.9 Å². The number of imidazole rings is 1. The van der Waals surface area contributed by atoms with Gasteiger partial charge in [0.25, 0.3) is 0 Å². The maximum atomic E-state index is 13.0. The van der Waals surface area contributed by atoms with Crippen LogP contribution in [0.2, 0.25) is 10.0 Å². The van der Waals surface area contributed by atoms with E-state index >= 15 is 0 Å². The number of para-hydroxylation sites is 2. The van der Waals surface area contributed by atoms with Crippen LogP contribution in [-0.4, -0.2) is 45.5 Å². The molecule has 1 aromatic heterocycles. The Balaban J connectivity index is 1.39. The van der Waals surface area contributed by atoms with Gasteiger partial charge >= 0.3 is 5.69 Å². The molecule has 0 aliphatic carbocycles. The molecule has 3 aromatic carbocycles. The zero-order valence-electron chi connectivity index (χ0n) is 20.6. The van der Waals surface area contributed by atoms with E-state index in [1.54, 1.807) is 34.9 Å². The zero-order valence-corrected chi connectivity index (χ0v) is 22.1. The summed E-state index contributed by atoms with van der Waals surface area (Å²) >= 11 is 12.2. The molecule has 1 aliphatic rings. The van der Waals surface area contributed by atoms with E-state index in [9.17, 15) is 14.7 Å². The van der Waals surface area contributed by atoms with Crippen molar-refractivity contribution in [3.8, 4) is 11.5 Å². The van der Waals surface area contributed by atoms with Crippen molar-refractivity contribution in [3.05, 3.63) is 104 Å². The van der Waals surface area contributed by atoms with Gasteiger partial charge < -0.3 is 14.8 Å². The fourth-order valence-corrected chi connectivity index (χ4v) is 5.15. The number of phenolic OH excluding ortho intramolecular Hbond substituents is 1. The molecule has 2 N–H and O–H groups in total. The summed E-state index contributed by atoms with van der Waals surface area (Å²) in [4.78, 5) is 30.8. The molecule has 194 valence electrons. The van der Waals surface area contributed by atoms with Crippen LogP contribution in [0.15, 0.2) is 71.5 Å². The van der Waals surface area contributed by atoms with Gasteiger partial charge in [-0.25, -0.2) is 4.79 Å². The smallest absolute Gasteiger partial charge is 0.330 e. The standard InChI is InChI=1S/C29H25Cl2N3O4/c1-38-28-15-27(36)22(26(35)11-9-18-8-10-20(30)14-23(18)31)13-19(28)16-33-12-4-5-21(17-33)34-25-7-3-2-6-24(25)32-29(34)37/h2-3,5-11,13-15,36H,4,12,16-17H2,1H3,(H,32,37)/b11-9+. The minimum Gasteiger partial charge on any atom is -0.507 e. The number of ether oxygens (including phenoxy) is 1. The zero-order chi connectivity index (χ0) is 26.8. The number of phenols is 1. The number of aromatic hydroxyl groups is 1. The molecule has 0 bridgehead atoms. The number of nitrogens with zero attached hydrogens (tertiary/aromatic N) is 2. The largest absolute Gasteiger partial charge is 0.507 e. The van der Waals surface area contributed by atoms with Crippen LogP contribution in [0.4, 0.5) is 0 Å². The number of ketones is 1. The Kier molecular flexibility index (Phi) is 7.42. The fraction of sp³-hybridized carbons (Fsp3) is 0.172. The van der Waals surface area contributed by atoms with Crippen molar-refractivity contribution in [2.24, 2.45) is 0 Å². The summed E-state index contributed by atoms with van der Waals surface area (Å²) in [7, 11) is 1.52. The molecule has 5 rings (SSSR count). The highest BCUT2D eigenvalue weighted by Crippen LogP contribution is 2.31. The predicted octanol–water partition coefficient (Wildman–Crippen LogP) is 5.99. The van der Waals surface area contributed by atoms with Gasteiger partial charge in [0.1, 0.15) is 11.5 Å². The first kappa shape index (κ1) is 25.9. The number of hydrogen-bond acceptors (Lipinski definition) is 5. The number of benzene rings is 3. The van der Waals surface area contributed by atoms with E-state index in [2.05, 4.69) is 16.0 Å². The topological polar surface area (TPSA) is 87.6 Å². The molecular weight excluding hydrogens is 525 g/mol. The SMILES string of the molecule is COc1cc(O)c(C(=O)/C=C/c2ccc(Cl)cc2Cl)cc1CN1CCC=C(n2c(=O)[nH]c3ccccc32)C1. The molecule has 38 heavy (non-hydrogen) atoms. The molecule has 0 saturated carbocycles. The number of aromatic nitrogens is 2. The van der Waals surface area contributed by atoms with Gasteiger partial charge in [0, 0.05) is 47.0 Å². The molecule has 0 saturated heterocycles. The number of carbonyl (C=O) groups excluding carboxylic acids is 1. The third-order valence-electron chi connectivity index (χ3n) is 6.52. The summed E-state index contributed by atoms with van der Waals surface area (Å²) in [5, 5.41) is 11.5. The Morgan fingerprint density at radius 2 is 1.97 bits per heavy atom. The van der Waals surface area contributed by atoms with Crippen molar-refractivity contribution < 1.29 is 14.6 Å². The first-order valence-electron chi connectivity index (χ1n) is 12.0. The van der Waals surface area contributed by atoms with Crippen molar-refractivity contribution in [2.45, 2.75) is 13.0 Å². The average molecular weight is 550 g/mol. The van der Waals surface area contributed by atoms with E-state index in [0.717, 1.165) is 35.3 Å². The van der Waals surface area contributed by atoms with Crippen molar-refractivity contribution in [3.63, 3.8) is 0 Å². The number of rotatable bonds is 7. The van der Waals surface area contributed by atoms with Crippen LogP contribution < -0.4 is 10.4 Å². The Morgan fingerprint density at radius 1 is 1.16 bits per heavy atom. The fourth-order valence-electron chi connectivity index (χ4n) is 4.68. The van der Waals surface area contributed by atoms with Gasteiger partial charge in [-0.2, -0.15) is 0 Å². The summed E-state index contributed by atoms with van der Waals surface area (Å²) in [5.74, 6) is -0.0711. The molecule has 4 aromatic rings. The van der Waals surface area contributed by atoms with E-state index in [0.29, 0.717) is 34.4 Å². The summed E-state index contributed by atoms with van der Waals surface area (Å²) < 4.78 is 7.22. The highest BCUT2D eigenvalue weighted by Gasteiger charge is 2.21. The second-order valence-corrected chi connectivity index (χ2v) is 9.87. The summed E-state index contributed by atoms with van der Waals surface area (Å²) in [6.07, 6.45) is 5.79. The minimum absolute atomic E-state index is 0.155. The molecular formula is C29H25Cl2N3O4. The first-order valence-corrected chi connectivity index (χ1v) is 12.8. The molecule has 9 heteroatoms. The summed E-state index contributed by atoms with van der Waals surface area (Å²) in [6.45, 7) is 1.76. The van der Waals surface area contributed by atoms with Crippen molar-refractivity contribution in [2.75, 3.05) is 20.2 Å². The number of aromatic amines is 1. The van der Waals surface area contributed by atoms with Crippen LogP contribution in [0.25, 0.3) is 22.8 Å². The number of methoxy groups -OCH3 is 1. The van der Waals surface area contributed by atoms with E-state index in [-0.39, 0.29) is 22.8 Å². The average Bonchev–Trinajstić information content (AvgIpc) is 3.24.